The summed E-state index contributed by atoms with van der Waals surface area (Å²) in [6, 6.07) is 6.71. The molecular weight excluding hydrogens is 208 g/mol. The minimum absolute atomic E-state index is 0.645. The van der Waals surface area contributed by atoms with Crippen LogP contribution in [0.1, 0.15) is 43.2 Å². The minimum atomic E-state index is 0.645. The van der Waals surface area contributed by atoms with E-state index in [1.807, 2.05) is 0 Å². The Kier molecular flexibility index (Phi) is 4.43. The van der Waals surface area contributed by atoms with Gasteiger partial charge in [0.25, 0.3) is 0 Å². The third-order valence-electron chi connectivity index (χ3n) is 3.77. The topological polar surface area (TPSA) is 29.3 Å². The largest absolute Gasteiger partial charge is 0.372 e. The SMILES string of the molecule is Cc1cc(N2CCCCCCC2)ccc1CN. The molecule has 0 spiro atoms. The lowest BCUT2D eigenvalue weighted by molar-refractivity contribution is 0.556. The molecule has 1 heterocycles. The zero-order valence-corrected chi connectivity index (χ0v) is 10.9. The van der Waals surface area contributed by atoms with E-state index in [1.165, 1.54) is 62.0 Å². The quantitative estimate of drug-likeness (QED) is 0.848. The number of hydrogen-bond acceptors (Lipinski definition) is 2. The summed E-state index contributed by atoms with van der Waals surface area (Å²) < 4.78 is 0. The fourth-order valence-electron chi connectivity index (χ4n) is 2.61. The molecule has 0 bridgehead atoms. The zero-order chi connectivity index (χ0) is 12.1. The minimum Gasteiger partial charge on any atom is -0.372 e. The van der Waals surface area contributed by atoms with Crippen molar-refractivity contribution in [3.05, 3.63) is 29.3 Å². The first-order valence-electron chi connectivity index (χ1n) is 6.86. The van der Waals surface area contributed by atoms with Crippen LogP contribution in [0.3, 0.4) is 0 Å². The van der Waals surface area contributed by atoms with Crippen molar-refractivity contribution < 1.29 is 0 Å². The lowest BCUT2D eigenvalue weighted by Gasteiger charge is -2.27. The number of anilines is 1. The highest BCUT2D eigenvalue weighted by Gasteiger charge is 2.09. The van der Waals surface area contributed by atoms with Crippen LogP contribution in [0.5, 0.6) is 0 Å². The van der Waals surface area contributed by atoms with E-state index in [0.717, 1.165) is 0 Å². The molecule has 2 rings (SSSR count). The molecular formula is C15H24N2. The van der Waals surface area contributed by atoms with Crippen LogP contribution in [0.4, 0.5) is 5.69 Å². The van der Waals surface area contributed by atoms with Crippen molar-refractivity contribution in [3.63, 3.8) is 0 Å². The lowest BCUT2D eigenvalue weighted by atomic mass is 10.1. The normalized spacial score (nSPS) is 17.6. The van der Waals surface area contributed by atoms with Gasteiger partial charge in [-0.2, -0.15) is 0 Å². The smallest absolute Gasteiger partial charge is 0.0369 e. The van der Waals surface area contributed by atoms with E-state index < -0.39 is 0 Å². The van der Waals surface area contributed by atoms with Gasteiger partial charge in [0.1, 0.15) is 0 Å². The Morgan fingerprint density at radius 2 is 1.71 bits per heavy atom. The van der Waals surface area contributed by atoms with Gasteiger partial charge in [-0.1, -0.05) is 25.3 Å². The van der Waals surface area contributed by atoms with E-state index >= 15 is 0 Å². The molecule has 2 heteroatoms. The summed E-state index contributed by atoms with van der Waals surface area (Å²) in [5.74, 6) is 0. The van der Waals surface area contributed by atoms with Crippen LogP contribution >= 0.6 is 0 Å². The second-order valence-corrected chi connectivity index (χ2v) is 5.07. The maximum Gasteiger partial charge on any atom is 0.0369 e. The zero-order valence-electron chi connectivity index (χ0n) is 10.9. The van der Waals surface area contributed by atoms with Gasteiger partial charge in [0, 0.05) is 25.3 Å². The highest BCUT2D eigenvalue weighted by Crippen LogP contribution is 2.22. The average Bonchev–Trinajstić information content (AvgIpc) is 2.28. The molecule has 1 aliphatic heterocycles. The van der Waals surface area contributed by atoms with Gasteiger partial charge < -0.3 is 10.6 Å². The molecule has 0 saturated carbocycles. The third kappa shape index (κ3) is 3.22. The van der Waals surface area contributed by atoms with Crippen molar-refractivity contribution >= 4 is 5.69 Å². The fraction of sp³-hybridized carbons (Fsp3) is 0.600. The molecule has 0 amide bonds. The van der Waals surface area contributed by atoms with Crippen molar-refractivity contribution in [2.45, 2.75) is 45.6 Å². The number of benzene rings is 1. The van der Waals surface area contributed by atoms with Crippen LogP contribution in [0.2, 0.25) is 0 Å². The molecule has 0 aliphatic carbocycles. The Labute approximate surface area is 105 Å². The maximum atomic E-state index is 5.71. The van der Waals surface area contributed by atoms with E-state index in [9.17, 15) is 0 Å². The van der Waals surface area contributed by atoms with Crippen molar-refractivity contribution in [2.24, 2.45) is 5.73 Å². The molecule has 2 nitrogen and oxygen atoms in total. The first kappa shape index (κ1) is 12.4. The van der Waals surface area contributed by atoms with Gasteiger partial charge in [-0.05, 0) is 43.0 Å². The summed E-state index contributed by atoms with van der Waals surface area (Å²) in [5.41, 5.74) is 9.68. The Hall–Kier alpha value is -1.02. The second kappa shape index (κ2) is 6.06. The van der Waals surface area contributed by atoms with Crippen molar-refractivity contribution in [2.75, 3.05) is 18.0 Å². The van der Waals surface area contributed by atoms with Gasteiger partial charge in [0.2, 0.25) is 0 Å². The molecule has 2 N–H and O–H groups in total. The second-order valence-electron chi connectivity index (χ2n) is 5.07. The van der Waals surface area contributed by atoms with E-state index in [4.69, 9.17) is 5.73 Å². The van der Waals surface area contributed by atoms with Gasteiger partial charge >= 0.3 is 0 Å². The van der Waals surface area contributed by atoms with E-state index in [0.29, 0.717) is 6.54 Å². The van der Waals surface area contributed by atoms with Gasteiger partial charge in [-0.15, -0.1) is 0 Å². The van der Waals surface area contributed by atoms with Crippen molar-refractivity contribution in [1.29, 1.82) is 0 Å². The summed E-state index contributed by atoms with van der Waals surface area (Å²) in [4.78, 5) is 2.53. The van der Waals surface area contributed by atoms with E-state index in [1.54, 1.807) is 0 Å². The lowest BCUT2D eigenvalue weighted by Crippen LogP contribution is -2.27. The molecule has 0 atom stereocenters. The molecule has 1 aliphatic rings. The van der Waals surface area contributed by atoms with Crippen LogP contribution < -0.4 is 10.6 Å². The highest BCUT2D eigenvalue weighted by molar-refractivity contribution is 5.50. The van der Waals surface area contributed by atoms with E-state index in [2.05, 4.69) is 30.0 Å². The van der Waals surface area contributed by atoms with Gasteiger partial charge in [-0.25, -0.2) is 0 Å². The highest BCUT2D eigenvalue weighted by atomic mass is 15.1. The summed E-state index contributed by atoms with van der Waals surface area (Å²) >= 11 is 0. The summed E-state index contributed by atoms with van der Waals surface area (Å²) in [6.45, 7) is 5.23. The predicted octanol–water partition coefficient (Wildman–Crippen LogP) is 3.22. The number of nitrogens with two attached hydrogens (primary N) is 1. The molecule has 94 valence electrons. The molecule has 1 aromatic rings. The van der Waals surface area contributed by atoms with Crippen LogP contribution in [-0.4, -0.2) is 13.1 Å². The Morgan fingerprint density at radius 1 is 1.06 bits per heavy atom. The maximum absolute atomic E-state index is 5.71. The van der Waals surface area contributed by atoms with Crippen LogP contribution in [0, 0.1) is 6.92 Å². The Morgan fingerprint density at radius 3 is 2.29 bits per heavy atom. The molecule has 1 aromatic carbocycles. The molecule has 17 heavy (non-hydrogen) atoms. The standard InChI is InChI=1S/C15H24N2/c1-13-11-15(8-7-14(13)12-16)17-9-5-3-2-4-6-10-17/h7-8,11H,2-6,9-10,12,16H2,1H3. The molecule has 1 saturated heterocycles. The third-order valence-corrected chi connectivity index (χ3v) is 3.77. The van der Waals surface area contributed by atoms with Crippen LogP contribution in [0.15, 0.2) is 18.2 Å². The van der Waals surface area contributed by atoms with Gasteiger partial charge in [0.05, 0.1) is 0 Å². The molecule has 0 radical (unpaired) electrons. The predicted molar refractivity (Wildman–Crippen MR) is 74.4 cm³/mol. The van der Waals surface area contributed by atoms with Crippen molar-refractivity contribution in [1.82, 2.24) is 0 Å². The number of nitrogens with zero attached hydrogens (tertiary/aromatic N) is 1. The van der Waals surface area contributed by atoms with Crippen molar-refractivity contribution in [3.8, 4) is 0 Å². The number of hydrogen-bond donors (Lipinski definition) is 1. The number of rotatable bonds is 2. The average molecular weight is 232 g/mol. The van der Waals surface area contributed by atoms with Crippen LogP contribution in [0.25, 0.3) is 0 Å². The monoisotopic (exact) mass is 232 g/mol. The summed E-state index contributed by atoms with van der Waals surface area (Å²) in [7, 11) is 0. The first-order valence-corrected chi connectivity index (χ1v) is 6.86. The summed E-state index contributed by atoms with van der Waals surface area (Å²) in [6.07, 6.45) is 6.85. The molecule has 0 aromatic heterocycles. The molecule has 0 unspecified atom stereocenters. The Bertz CT molecular complexity index is 352. The number of aryl methyl sites for hydroxylation is 1. The summed E-state index contributed by atoms with van der Waals surface area (Å²) in [5, 5.41) is 0. The molecule has 1 fully saturated rings. The first-order chi connectivity index (χ1) is 8.31. The van der Waals surface area contributed by atoms with Gasteiger partial charge in [0.15, 0.2) is 0 Å². The fourth-order valence-corrected chi connectivity index (χ4v) is 2.61. The van der Waals surface area contributed by atoms with Gasteiger partial charge in [-0.3, -0.25) is 0 Å². The Balaban J connectivity index is 2.11. The van der Waals surface area contributed by atoms with Crippen LogP contribution in [-0.2, 0) is 6.54 Å². The van der Waals surface area contributed by atoms with E-state index in [-0.39, 0.29) is 0 Å².